The smallest absolute Gasteiger partial charge is 0.129 e. The van der Waals surface area contributed by atoms with Crippen LogP contribution in [-0.2, 0) is 5.60 Å². The van der Waals surface area contributed by atoms with Gasteiger partial charge in [-0.25, -0.2) is 4.98 Å². The number of anilines is 1. The van der Waals surface area contributed by atoms with E-state index in [0.29, 0.717) is 17.7 Å². The molecule has 15 heavy (non-hydrogen) atoms. The van der Waals surface area contributed by atoms with Crippen molar-refractivity contribution < 1.29 is 5.11 Å². The van der Waals surface area contributed by atoms with Crippen molar-refractivity contribution in [2.24, 2.45) is 11.8 Å². The molecule has 1 aromatic rings. The van der Waals surface area contributed by atoms with E-state index in [1.54, 1.807) is 6.20 Å². The zero-order chi connectivity index (χ0) is 11.1. The van der Waals surface area contributed by atoms with E-state index in [-0.39, 0.29) is 0 Å². The molecule has 0 saturated heterocycles. The van der Waals surface area contributed by atoms with Gasteiger partial charge in [-0.3, -0.25) is 0 Å². The van der Waals surface area contributed by atoms with Gasteiger partial charge in [-0.05, 0) is 30.7 Å². The van der Waals surface area contributed by atoms with Crippen molar-refractivity contribution in [2.75, 3.05) is 5.73 Å². The molecule has 0 unspecified atom stereocenters. The molecule has 0 radical (unpaired) electrons. The number of nitrogens with zero attached hydrogens (tertiary/aromatic N) is 1. The van der Waals surface area contributed by atoms with Crippen molar-refractivity contribution in [1.29, 1.82) is 0 Å². The molecule has 2 rings (SSSR count). The second-order valence-electron chi connectivity index (χ2n) is 4.88. The second kappa shape index (κ2) is 3.49. The largest absolute Gasteiger partial charge is 0.385 e. The van der Waals surface area contributed by atoms with Gasteiger partial charge in [-0.15, -0.1) is 0 Å². The van der Waals surface area contributed by atoms with Gasteiger partial charge in [0.15, 0.2) is 0 Å². The third-order valence-electron chi connectivity index (χ3n) is 3.48. The molecule has 3 nitrogen and oxygen atoms in total. The van der Waals surface area contributed by atoms with E-state index in [0.717, 1.165) is 18.4 Å². The summed E-state index contributed by atoms with van der Waals surface area (Å²) in [5.41, 5.74) is 5.83. The minimum absolute atomic E-state index is 0.460. The summed E-state index contributed by atoms with van der Waals surface area (Å²) in [4.78, 5) is 4.01. The van der Waals surface area contributed by atoms with Gasteiger partial charge in [0, 0.05) is 11.8 Å². The van der Waals surface area contributed by atoms with Crippen molar-refractivity contribution in [3.63, 3.8) is 0 Å². The number of hydrogen-bond donors (Lipinski definition) is 2. The highest BCUT2D eigenvalue weighted by molar-refractivity contribution is 5.44. The quantitative estimate of drug-likeness (QED) is 0.777. The summed E-state index contributed by atoms with van der Waals surface area (Å²) >= 11 is 0. The summed E-state index contributed by atoms with van der Waals surface area (Å²) in [6.45, 7) is 4.38. The Morgan fingerprint density at radius 1 is 1.53 bits per heavy atom. The van der Waals surface area contributed by atoms with Gasteiger partial charge in [-0.1, -0.05) is 19.9 Å². The highest BCUT2D eigenvalue weighted by Crippen LogP contribution is 2.49. The first-order chi connectivity index (χ1) is 7.03. The van der Waals surface area contributed by atoms with Crippen molar-refractivity contribution in [1.82, 2.24) is 4.98 Å². The molecule has 0 aromatic carbocycles. The van der Waals surface area contributed by atoms with Crippen molar-refractivity contribution >= 4 is 5.82 Å². The molecule has 0 bridgehead atoms. The summed E-state index contributed by atoms with van der Waals surface area (Å²) < 4.78 is 0. The molecule has 1 heterocycles. The maximum atomic E-state index is 10.4. The van der Waals surface area contributed by atoms with Crippen molar-refractivity contribution in [3.8, 4) is 0 Å². The summed E-state index contributed by atoms with van der Waals surface area (Å²) in [5, 5.41) is 10.4. The minimum atomic E-state index is -0.729. The molecular weight excluding hydrogens is 188 g/mol. The zero-order valence-corrected chi connectivity index (χ0v) is 9.27. The Hall–Kier alpha value is -1.09. The number of nitrogen functional groups attached to an aromatic ring is 1. The van der Waals surface area contributed by atoms with Gasteiger partial charge in [0.25, 0.3) is 0 Å². The molecule has 0 atom stereocenters. The lowest BCUT2D eigenvalue weighted by Crippen LogP contribution is -2.43. The lowest BCUT2D eigenvalue weighted by atomic mass is 9.63. The van der Waals surface area contributed by atoms with Crippen LogP contribution in [0.1, 0.15) is 32.3 Å². The number of hydrogen-bond acceptors (Lipinski definition) is 3. The molecular formula is C12H18N2O. The van der Waals surface area contributed by atoms with Crippen LogP contribution in [-0.4, -0.2) is 10.1 Å². The van der Waals surface area contributed by atoms with Gasteiger partial charge in [-0.2, -0.15) is 0 Å². The Balaban J connectivity index is 2.17. The number of aromatic nitrogens is 1. The zero-order valence-electron chi connectivity index (χ0n) is 9.27. The van der Waals surface area contributed by atoms with Crippen LogP contribution in [0.3, 0.4) is 0 Å². The highest BCUT2D eigenvalue weighted by Gasteiger charge is 2.46. The lowest BCUT2D eigenvalue weighted by Gasteiger charge is -2.46. The third-order valence-corrected chi connectivity index (χ3v) is 3.48. The molecule has 1 aliphatic rings. The van der Waals surface area contributed by atoms with E-state index >= 15 is 0 Å². The Kier molecular flexibility index (Phi) is 2.43. The van der Waals surface area contributed by atoms with Crippen LogP contribution in [0.5, 0.6) is 0 Å². The van der Waals surface area contributed by atoms with E-state index in [1.807, 2.05) is 12.1 Å². The van der Waals surface area contributed by atoms with Crippen LogP contribution in [0.15, 0.2) is 18.3 Å². The van der Waals surface area contributed by atoms with Crippen LogP contribution in [0.2, 0.25) is 0 Å². The van der Waals surface area contributed by atoms with Gasteiger partial charge >= 0.3 is 0 Å². The fourth-order valence-electron chi connectivity index (χ4n) is 2.31. The summed E-state index contributed by atoms with van der Waals surface area (Å²) in [6.07, 6.45) is 3.27. The molecule has 82 valence electrons. The molecule has 0 spiro atoms. The van der Waals surface area contributed by atoms with E-state index < -0.39 is 5.60 Å². The summed E-state index contributed by atoms with van der Waals surface area (Å²) in [6, 6.07) is 3.70. The van der Waals surface area contributed by atoms with E-state index in [1.165, 1.54) is 0 Å². The minimum Gasteiger partial charge on any atom is -0.385 e. The third kappa shape index (κ3) is 1.72. The molecule has 1 saturated carbocycles. The lowest BCUT2D eigenvalue weighted by molar-refractivity contribution is -0.0929. The number of pyridine rings is 1. The summed E-state index contributed by atoms with van der Waals surface area (Å²) in [5.74, 6) is 1.69. The normalized spacial score (nSPS) is 30.3. The van der Waals surface area contributed by atoms with Gasteiger partial charge < -0.3 is 10.8 Å². The SMILES string of the molecule is CC(C)C1CC(O)(c2cccnc2N)C1. The average molecular weight is 206 g/mol. The first-order valence-corrected chi connectivity index (χ1v) is 5.46. The van der Waals surface area contributed by atoms with Gasteiger partial charge in [0.2, 0.25) is 0 Å². The molecule has 0 aliphatic heterocycles. The predicted octanol–water partition coefficient (Wildman–Crippen LogP) is 1.92. The first kappa shape index (κ1) is 10.4. The van der Waals surface area contributed by atoms with E-state index in [2.05, 4.69) is 18.8 Å². The van der Waals surface area contributed by atoms with Crippen LogP contribution in [0, 0.1) is 11.8 Å². The topological polar surface area (TPSA) is 59.1 Å². The maximum Gasteiger partial charge on any atom is 0.129 e. The fourth-order valence-corrected chi connectivity index (χ4v) is 2.31. The van der Waals surface area contributed by atoms with Crippen molar-refractivity contribution in [2.45, 2.75) is 32.3 Å². The Labute approximate surface area is 90.3 Å². The Morgan fingerprint density at radius 3 is 2.73 bits per heavy atom. The molecule has 3 N–H and O–H groups in total. The highest BCUT2D eigenvalue weighted by atomic mass is 16.3. The molecule has 1 aliphatic carbocycles. The van der Waals surface area contributed by atoms with Crippen LogP contribution in [0.25, 0.3) is 0 Å². The maximum absolute atomic E-state index is 10.4. The van der Waals surface area contributed by atoms with Crippen LogP contribution >= 0.6 is 0 Å². The average Bonchev–Trinajstić information content (AvgIpc) is 2.13. The van der Waals surface area contributed by atoms with Gasteiger partial charge in [0.05, 0.1) is 5.60 Å². The number of nitrogens with two attached hydrogens (primary N) is 1. The van der Waals surface area contributed by atoms with E-state index in [4.69, 9.17) is 5.73 Å². The Bertz CT molecular complexity index is 356. The van der Waals surface area contributed by atoms with Crippen LogP contribution < -0.4 is 5.73 Å². The second-order valence-corrected chi connectivity index (χ2v) is 4.88. The molecule has 1 fully saturated rings. The number of rotatable bonds is 2. The molecule has 1 aromatic heterocycles. The standard InChI is InChI=1S/C12H18N2O/c1-8(2)9-6-12(15,7-9)10-4-3-5-14-11(10)13/h3-5,8-9,15H,6-7H2,1-2H3,(H2,13,14). The van der Waals surface area contributed by atoms with E-state index in [9.17, 15) is 5.11 Å². The van der Waals surface area contributed by atoms with Gasteiger partial charge in [0.1, 0.15) is 5.82 Å². The monoisotopic (exact) mass is 206 g/mol. The molecule has 0 amide bonds. The van der Waals surface area contributed by atoms with Crippen LogP contribution in [0.4, 0.5) is 5.82 Å². The van der Waals surface area contributed by atoms with Crippen molar-refractivity contribution in [3.05, 3.63) is 23.9 Å². The Morgan fingerprint density at radius 2 is 2.20 bits per heavy atom. The summed E-state index contributed by atoms with van der Waals surface area (Å²) in [7, 11) is 0. The number of aliphatic hydroxyl groups is 1. The molecule has 3 heteroatoms. The fraction of sp³-hybridized carbons (Fsp3) is 0.583. The predicted molar refractivity (Wildman–Crippen MR) is 60.1 cm³/mol. The first-order valence-electron chi connectivity index (χ1n) is 5.46.